The lowest BCUT2D eigenvalue weighted by Crippen LogP contribution is -2.32. The Hall–Kier alpha value is -4.02. The summed E-state index contributed by atoms with van der Waals surface area (Å²) in [5.74, 6) is -0.715. The lowest BCUT2D eigenvalue weighted by molar-refractivity contribution is -0.115. The van der Waals surface area contributed by atoms with Gasteiger partial charge in [0.15, 0.2) is 5.13 Å². The molecule has 9 nitrogen and oxygen atoms in total. The summed E-state index contributed by atoms with van der Waals surface area (Å²) in [5, 5.41) is 12.3. The van der Waals surface area contributed by atoms with E-state index < -0.39 is 0 Å². The topological polar surface area (TPSA) is 124 Å². The first-order valence-corrected chi connectivity index (χ1v) is 12.2. The number of aromatic nitrogens is 3. The Morgan fingerprint density at radius 2 is 1.81 bits per heavy atom. The minimum absolute atomic E-state index is 0.170. The molecule has 0 fully saturated rings. The van der Waals surface area contributed by atoms with Crippen LogP contribution in [0.25, 0.3) is 22.5 Å². The fraction of sp³-hybridized carbons (Fsp3) is 0.231. The molecule has 0 aliphatic heterocycles. The van der Waals surface area contributed by atoms with Gasteiger partial charge in [-0.1, -0.05) is 18.2 Å². The first-order chi connectivity index (χ1) is 17.2. The normalized spacial score (nSPS) is 11.3. The van der Waals surface area contributed by atoms with Gasteiger partial charge in [0.2, 0.25) is 5.91 Å². The molecule has 0 atom stereocenters. The number of carbonyl (C=O) groups is 2. The summed E-state index contributed by atoms with van der Waals surface area (Å²) in [5.41, 5.74) is 9.78. The fourth-order valence-corrected chi connectivity index (χ4v) is 4.16. The number of ether oxygens (including phenoxy) is 1. The third kappa shape index (κ3) is 6.35. The summed E-state index contributed by atoms with van der Waals surface area (Å²) < 4.78 is 7.36. The number of carbonyl (C=O) groups excluding carboxylic acids is 2. The number of hydrogen-bond donors (Lipinski definition) is 3. The third-order valence-corrected chi connectivity index (χ3v) is 6.28. The molecule has 2 aromatic carbocycles. The Bertz CT molecular complexity index is 1360. The highest BCUT2D eigenvalue weighted by atomic mass is 32.1. The summed E-state index contributed by atoms with van der Waals surface area (Å²) in [4.78, 5) is 29.0. The van der Waals surface area contributed by atoms with Crippen molar-refractivity contribution in [3.05, 3.63) is 71.7 Å². The maximum atomic E-state index is 12.3. The average Bonchev–Trinajstić information content (AvgIpc) is 3.53. The minimum Gasteiger partial charge on any atom is -0.399 e. The Balaban J connectivity index is 1.37. The molecule has 0 saturated heterocycles. The van der Waals surface area contributed by atoms with Crippen molar-refractivity contribution < 1.29 is 14.3 Å². The number of nitrogens with one attached hydrogen (secondary N) is 2. The zero-order valence-corrected chi connectivity index (χ0v) is 21.1. The predicted molar refractivity (Wildman–Crippen MR) is 142 cm³/mol. The van der Waals surface area contributed by atoms with Crippen LogP contribution in [0.2, 0.25) is 0 Å². The molecule has 0 bridgehead atoms. The van der Waals surface area contributed by atoms with Crippen LogP contribution in [0.3, 0.4) is 0 Å². The first kappa shape index (κ1) is 25.1. The standard InChI is InChI=1S/C26H28N6O3S/c1-26(2,35-3)16-32-12-11-21(31-32)18-5-4-6-19(13-18)22-15-36-25(29-22)30-23(33)14-28-24(34)17-7-9-20(27)10-8-17/h4-13,15H,14,16,27H2,1-3H3,(H,28,34)(H,29,30,33). The number of hydrogen-bond acceptors (Lipinski definition) is 7. The van der Waals surface area contributed by atoms with E-state index in [1.54, 1.807) is 31.4 Å². The molecular weight excluding hydrogens is 476 g/mol. The monoisotopic (exact) mass is 504 g/mol. The lowest BCUT2D eigenvalue weighted by Gasteiger charge is -2.22. The van der Waals surface area contributed by atoms with Crippen LogP contribution in [0.4, 0.5) is 10.8 Å². The van der Waals surface area contributed by atoms with Gasteiger partial charge in [-0.25, -0.2) is 4.98 Å². The maximum absolute atomic E-state index is 12.3. The molecule has 0 unspecified atom stereocenters. The second-order valence-corrected chi connectivity index (χ2v) is 9.69. The maximum Gasteiger partial charge on any atom is 0.251 e. The molecule has 10 heteroatoms. The van der Waals surface area contributed by atoms with E-state index in [1.165, 1.54) is 11.3 Å². The highest BCUT2D eigenvalue weighted by Gasteiger charge is 2.18. The van der Waals surface area contributed by atoms with E-state index in [9.17, 15) is 9.59 Å². The van der Waals surface area contributed by atoms with E-state index in [2.05, 4.69) is 20.7 Å². The minimum atomic E-state index is -0.363. The molecular formula is C26H28N6O3S. The van der Waals surface area contributed by atoms with Crippen LogP contribution >= 0.6 is 11.3 Å². The van der Waals surface area contributed by atoms with Crippen LogP contribution in [0.5, 0.6) is 0 Å². The highest BCUT2D eigenvalue weighted by molar-refractivity contribution is 7.14. The summed E-state index contributed by atoms with van der Waals surface area (Å²) in [7, 11) is 1.69. The SMILES string of the molecule is COC(C)(C)Cn1ccc(-c2cccc(-c3csc(NC(=O)CNC(=O)c4ccc(N)cc4)n3)c2)n1. The van der Waals surface area contributed by atoms with E-state index in [-0.39, 0.29) is 24.0 Å². The molecule has 2 aromatic heterocycles. The van der Waals surface area contributed by atoms with Gasteiger partial charge in [-0.15, -0.1) is 11.3 Å². The van der Waals surface area contributed by atoms with Gasteiger partial charge in [0, 0.05) is 41.1 Å². The third-order valence-electron chi connectivity index (χ3n) is 5.52. The molecule has 0 radical (unpaired) electrons. The van der Waals surface area contributed by atoms with Crippen LogP contribution in [0.1, 0.15) is 24.2 Å². The Morgan fingerprint density at radius 3 is 2.53 bits per heavy atom. The van der Waals surface area contributed by atoms with Crippen LogP contribution in [-0.4, -0.2) is 45.8 Å². The highest BCUT2D eigenvalue weighted by Crippen LogP contribution is 2.28. The van der Waals surface area contributed by atoms with Crippen molar-refractivity contribution in [1.29, 1.82) is 0 Å². The van der Waals surface area contributed by atoms with Crippen LogP contribution in [0.15, 0.2) is 66.2 Å². The number of methoxy groups -OCH3 is 1. The molecule has 0 saturated carbocycles. The first-order valence-electron chi connectivity index (χ1n) is 11.3. The number of nitrogens with zero attached hydrogens (tertiary/aromatic N) is 3. The Labute approximate surface area is 213 Å². The molecule has 36 heavy (non-hydrogen) atoms. The molecule has 2 heterocycles. The summed E-state index contributed by atoms with van der Waals surface area (Å²) in [6, 6.07) is 16.4. The predicted octanol–water partition coefficient (Wildman–Crippen LogP) is 4.05. The number of benzene rings is 2. The summed E-state index contributed by atoms with van der Waals surface area (Å²) in [6.07, 6.45) is 1.94. The van der Waals surface area contributed by atoms with Crippen LogP contribution in [0, 0.1) is 0 Å². The van der Waals surface area contributed by atoms with E-state index in [4.69, 9.17) is 10.5 Å². The molecule has 4 rings (SSSR count). The number of thiazole rings is 1. The molecule has 0 aliphatic carbocycles. The van der Waals surface area contributed by atoms with Gasteiger partial charge in [0.05, 0.1) is 30.1 Å². The molecule has 0 spiro atoms. The Morgan fingerprint density at radius 1 is 1.08 bits per heavy atom. The average molecular weight is 505 g/mol. The van der Waals surface area contributed by atoms with Crippen molar-refractivity contribution in [3.63, 3.8) is 0 Å². The second kappa shape index (κ2) is 10.7. The largest absolute Gasteiger partial charge is 0.399 e. The molecule has 2 amide bonds. The van der Waals surface area contributed by atoms with Gasteiger partial charge in [0.25, 0.3) is 5.91 Å². The second-order valence-electron chi connectivity index (χ2n) is 8.83. The van der Waals surface area contributed by atoms with Crippen molar-refractivity contribution in [2.75, 3.05) is 24.7 Å². The quantitative estimate of drug-likeness (QED) is 0.296. The van der Waals surface area contributed by atoms with Crippen molar-refractivity contribution >= 4 is 34.0 Å². The summed E-state index contributed by atoms with van der Waals surface area (Å²) in [6.45, 7) is 4.50. The van der Waals surface area contributed by atoms with E-state index in [0.717, 1.165) is 22.5 Å². The van der Waals surface area contributed by atoms with Gasteiger partial charge in [-0.3, -0.25) is 14.3 Å². The van der Waals surface area contributed by atoms with Gasteiger partial charge in [0.1, 0.15) is 0 Å². The van der Waals surface area contributed by atoms with E-state index >= 15 is 0 Å². The van der Waals surface area contributed by atoms with Crippen molar-refractivity contribution in [2.45, 2.75) is 26.0 Å². The number of nitrogen functional groups attached to an aromatic ring is 1. The molecule has 4 aromatic rings. The van der Waals surface area contributed by atoms with Crippen molar-refractivity contribution in [2.24, 2.45) is 0 Å². The van der Waals surface area contributed by atoms with Crippen LogP contribution in [-0.2, 0) is 16.1 Å². The van der Waals surface area contributed by atoms with Gasteiger partial charge < -0.3 is 21.1 Å². The number of rotatable bonds is 9. The van der Waals surface area contributed by atoms with E-state index in [0.29, 0.717) is 22.9 Å². The molecule has 0 aliphatic rings. The van der Waals surface area contributed by atoms with Crippen LogP contribution < -0.4 is 16.4 Å². The lowest BCUT2D eigenvalue weighted by atomic mass is 10.1. The molecule has 4 N–H and O–H groups in total. The number of anilines is 2. The van der Waals surface area contributed by atoms with Gasteiger partial charge in [-0.05, 0) is 50.2 Å². The zero-order valence-electron chi connectivity index (χ0n) is 20.3. The molecule has 186 valence electrons. The fourth-order valence-electron chi connectivity index (χ4n) is 3.42. The number of amides is 2. The van der Waals surface area contributed by atoms with E-state index in [1.807, 2.05) is 60.4 Å². The zero-order chi connectivity index (χ0) is 25.7. The Kier molecular flexibility index (Phi) is 7.47. The van der Waals surface area contributed by atoms with Crippen molar-refractivity contribution in [1.82, 2.24) is 20.1 Å². The van der Waals surface area contributed by atoms with Gasteiger partial charge >= 0.3 is 0 Å². The van der Waals surface area contributed by atoms with Crippen molar-refractivity contribution in [3.8, 4) is 22.5 Å². The van der Waals surface area contributed by atoms with Gasteiger partial charge in [-0.2, -0.15) is 5.10 Å². The summed E-state index contributed by atoms with van der Waals surface area (Å²) >= 11 is 1.32. The smallest absolute Gasteiger partial charge is 0.251 e. The number of nitrogens with two attached hydrogens (primary N) is 1.